The normalized spacial score (nSPS) is 14.5. The predicted octanol–water partition coefficient (Wildman–Crippen LogP) is 8.80. The lowest BCUT2D eigenvalue weighted by molar-refractivity contribution is 0.0899. The summed E-state index contributed by atoms with van der Waals surface area (Å²) >= 11 is 0. The van der Waals surface area contributed by atoms with Crippen LogP contribution in [0.4, 0.5) is 14.5 Å². The highest BCUT2D eigenvalue weighted by molar-refractivity contribution is 6.76. The number of fused-ring (bicyclic) bond motifs is 1. The molecule has 0 saturated heterocycles. The summed E-state index contributed by atoms with van der Waals surface area (Å²) in [6.07, 6.45) is 7.53. The number of anilines is 1. The number of nitrogens with one attached hydrogen (secondary N) is 1. The van der Waals surface area contributed by atoms with Gasteiger partial charge in [-0.3, -0.25) is 4.98 Å². The largest absolute Gasteiger partial charge is 0.490 e. The van der Waals surface area contributed by atoms with Crippen molar-refractivity contribution in [3.05, 3.63) is 96.1 Å². The van der Waals surface area contributed by atoms with Crippen LogP contribution in [0.15, 0.2) is 78.3 Å². The number of nitrogens with zero attached hydrogens (tertiary/aromatic N) is 5. The van der Waals surface area contributed by atoms with Gasteiger partial charge in [0.15, 0.2) is 17.4 Å². The van der Waals surface area contributed by atoms with Crippen LogP contribution in [0.25, 0.3) is 22.2 Å². The molecule has 5 aromatic rings. The molecule has 1 atom stereocenters. The number of pyridine rings is 2. The van der Waals surface area contributed by atoms with E-state index in [2.05, 4.69) is 46.0 Å². The van der Waals surface area contributed by atoms with Gasteiger partial charge in [-0.2, -0.15) is 5.26 Å². The molecule has 0 bridgehead atoms. The number of aromatic nitrogens is 3. The zero-order valence-electron chi connectivity index (χ0n) is 30.0. The molecular formula is C39H42F2N6O4Si. The molecule has 0 amide bonds. The first-order valence-corrected chi connectivity index (χ1v) is 20.9. The molecule has 0 fully saturated rings. The van der Waals surface area contributed by atoms with E-state index in [0.29, 0.717) is 53.2 Å². The van der Waals surface area contributed by atoms with E-state index in [1.165, 1.54) is 6.20 Å². The second-order valence-electron chi connectivity index (χ2n) is 14.2. The average molecular weight is 725 g/mol. The number of amidine groups is 1. The molecular weight excluding hydrogens is 683 g/mol. The summed E-state index contributed by atoms with van der Waals surface area (Å²) in [6, 6.07) is 16.4. The summed E-state index contributed by atoms with van der Waals surface area (Å²) in [5.74, 6) is -1.61. The molecule has 13 heteroatoms. The topological polar surface area (TPSA) is 116 Å². The zero-order valence-corrected chi connectivity index (χ0v) is 31.0. The van der Waals surface area contributed by atoms with Gasteiger partial charge < -0.3 is 28.8 Å². The molecule has 0 aliphatic carbocycles. The molecule has 0 unspecified atom stereocenters. The first-order valence-electron chi connectivity index (χ1n) is 17.2. The van der Waals surface area contributed by atoms with Crippen molar-refractivity contribution in [2.45, 2.75) is 58.8 Å². The summed E-state index contributed by atoms with van der Waals surface area (Å²) in [5.41, 5.74) is 3.43. The van der Waals surface area contributed by atoms with Gasteiger partial charge >= 0.3 is 0 Å². The van der Waals surface area contributed by atoms with E-state index >= 15 is 8.78 Å². The Bertz CT molecular complexity index is 2090. The number of nitriles is 1. The Morgan fingerprint density at radius 1 is 1.04 bits per heavy atom. The van der Waals surface area contributed by atoms with Crippen molar-refractivity contribution >= 4 is 30.8 Å². The van der Waals surface area contributed by atoms with Gasteiger partial charge in [0.25, 0.3) is 6.02 Å². The Hall–Kier alpha value is -5.32. The Morgan fingerprint density at radius 2 is 1.81 bits per heavy atom. The first kappa shape index (κ1) is 36.5. The Kier molecular flexibility index (Phi) is 11.2. The molecule has 6 rings (SSSR count). The minimum absolute atomic E-state index is 0.123. The quantitative estimate of drug-likeness (QED) is 0.0947. The molecule has 0 radical (unpaired) electrons. The van der Waals surface area contributed by atoms with E-state index in [9.17, 15) is 5.26 Å². The Morgan fingerprint density at radius 3 is 2.48 bits per heavy atom. The van der Waals surface area contributed by atoms with Crippen molar-refractivity contribution in [2.75, 3.05) is 25.1 Å². The van der Waals surface area contributed by atoms with Crippen molar-refractivity contribution in [1.29, 1.82) is 5.26 Å². The minimum Gasteiger partial charge on any atom is -0.490 e. The lowest BCUT2D eigenvalue weighted by Gasteiger charge is -2.22. The van der Waals surface area contributed by atoms with Crippen LogP contribution in [-0.4, -0.2) is 54.5 Å². The number of halogens is 2. The lowest BCUT2D eigenvalue weighted by atomic mass is 10.0. The number of benzene rings is 2. The van der Waals surface area contributed by atoms with Gasteiger partial charge in [0, 0.05) is 68.8 Å². The van der Waals surface area contributed by atoms with Gasteiger partial charge in [0.2, 0.25) is 0 Å². The van der Waals surface area contributed by atoms with E-state index < -0.39 is 25.5 Å². The fourth-order valence-corrected chi connectivity index (χ4v) is 6.55. The fourth-order valence-electron chi connectivity index (χ4n) is 5.79. The molecule has 52 heavy (non-hydrogen) atoms. The average Bonchev–Trinajstić information content (AvgIpc) is 3.48. The van der Waals surface area contributed by atoms with Crippen molar-refractivity contribution in [3.8, 4) is 34.4 Å². The predicted molar refractivity (Wildman–Crippen MR) is 199 cm³/mol. The molecule has 1 N–H and O–H groups in total. The van der Waals surface area contributed by atoms with E-state index in [0.717, 1.165) is 30.2 Å². The number of hydrogen-bond donors (Lipinski definition) is 1. The molecule has 0 saturated carbocycles. The van der Waals surface area contributed by atoms with Gasteiger partial charge in [-0.25, -0.2) is 18.8 Å². The van der Waals surface area contributed by atoms with Crippen LogP contribution in [0.1, 0.15) is 25.0 Å². The van der Waals surface area contributed by atoms with E-state index in [1.54, 1.807) is 30.6 Å². The maximum absolute atomic E-state index is 15.7. The van der Waals surface area contributed by atoms with Crippen molar-refractivity contribution < 1.29 is 27.7 Å². The minimum atomic E-state index is -1.32. The lowest BCUT2D eigenvalue weighted by Crippen LogP contribution is -2.29. The summed E-state index contributed by atoms with van der Waals surface area (Å²) < 4.78 is 56.8. The van der Waals surface area contributed by atoms with Crippen molar-refractivity contribution in [3.63, 3.8) is 0 Å². The first-order chi connectivity index (χ1) is 25.0. The Balaban J connectivity index is 1.28. The summed E-state index contributed by atoms with van der Waals surface area (Å²) in [5, 5.41) is 13.3. The number of hydrogen-bond acceptors (Lipinski definition) is 9. The highest BCUT2D eigenvalue weighted by Crippen LogP contribution is 2.41. The molecule has 0 spiro atoms. The standard InChI is InChI=1S/C39H42F2N6O4Si/c1-25(2)50-34-7-6-28(17-29(34)20-42)31-22-47(24-48-14-15-52(3,4)5)38-36(31)35(10-13-44-38)51-37-32(40)18-30(19-33(37)41)46-39-45-21-27(23-49-39)16-26-8-11-43-12-9-26/h6-13,17-19,22,25,27H,14-16,21,23-24H2,1-5H3,(H,45,46)/t27-/m1/s1. The van der Waals surface area contributed by atoms with Gasteiger partial charge in [-0.1, -0.05) is 25.7 Å². The van der Waals surface area contributed by atoms with Crippen LogP contribution < -0.4 is 14.8 Å². The van der Waals surface area contributed by atoms with E-state index in [4.69, 9.17) is 18.9 Å². The molecule has 4 heterocycles. The van der Waals surface area contributed by atoms with Crippen molar-refractivity contribution in [1.82, 2.24) is 14.5 Å². The van der Waals surface area contributed by atoms with E-state index in [-0.39, 0.29) is 36.2 Å². The van der Waals surface area contributed by atoms with Crippen LogP contribution in [0.3, 0.4) is 0 Å². The zero-order chi connectivity index (χ0) is 36.8. The number of rotatable bonds is 13. The Labute approximate surface area is 303 Å². The van der Waals surface area contributed by atoms with Crippen LogP contribution in [0, 0.1) is 28.9 Å². The summed E-state index contributed by atoms with van der Waals surface area (Å²) in [6.45, 7) is 12.3. The number of ether oxygens (including phenoxy) is 4. The van der Waals surface area contributed by atoms with Crippen molar-refractivity contribution in [2.24, 2.45) is 10.9 Å². The van der Waals surface area contributed by atoms with Gasteiger partial charge in [0.1, 0.15) is 29.9 Å². The highest BCUT2D eigenvalue weighted by Gasteiger charge is 2.23. The summed E-state index contributed by atoms with van der Waals surface area (Å²) in [7, 11) is -1.32. The highest BCUT2D eigenvalue weighted by atomic mass is 28.3. The monoisotopic (exact) mass is 724 g/mol. The van der Waals surface area contributed by atoms with Crippen LogP contribution in [0.5, 0.6) is 17.2 Å². The van der Waals surface area contributed by atoms with E-state index in [1.807, 2.05) is 42.8 Å². The SMILES string of the molecule is CC(C)Oc1ccc(-c2cn(COCC[Si](C)(C)C)c3nccc(Oc4c(F)cc(NC5=NC[C@@H](Cc6ccncc6)CO5)cc4F)c23)cc1C#N. The fraction of sp³-hybridized carbons (Fsp3) is 0.333. The summed E-state index contributed by atoms with van der Waals surface area (Å²) in [4.78, 5) is 13.1. The third kappa shape index (κ3) is 8.93. The maximum atomic E-state index is 15.7. The molecule has 1 aliphatic rings. The molecule has 3 aromatic heterocycles. The third-order valence-electron chi connectivity index (χ3n) is 8.40. The van der Waals surface area contributed by atoms with Crippen LogP contribution in [-0.2, 0) is 22.6 Å². The molecule has 1 aliphatic heterocycles. The van der Waals surface area contributed by atoms with Crippen LogP contribution >= 0.6 is 0 Å². The second-order valence-corrected chi connectivity index (χ2v) is 19.9. The number of aliphatic imine (C=N–C) groups is 1. The molecule has 10 nitrogen and oxygen atoms in total. The maximum Gasteiger partial charge on any atom is 0.289 e. The van der Waals surface area contributed by atoms with Gasteiger partial charge in [-0.15, -0.1) is 0 Å². The van der Waals surface area contributed by atoms with Gasteiger partial charge in [0.05, 0.1) is 30.2 Å². The smallest absolute Gasteiger partial charge is 0.289 e. The second kappa shape index (κ2) is 15.9. The third-order valence-corrected chi connectivity index (χ3v) is 10.1. The molecule has 2 aromatic carbocycles. The van der Waals surface area contributed by atoms with Gasteiger partial charge in [-0.05, 0) is 67.8 Å². The van der Waals surface area contributed by atoms with Crippen LogP contribution in [0.2, 0.25) is 25.7 Å². The molecule has 270 valence electrons.